The number of halogens is 1. The molecule has 0 radical (unpaired) electrons. The molecule has 0 aliphatic heterocycles. The van der Waals surface area contributed by atoms with Gasteiger partial charge in [-0.05, 0) is 37.5 Å². The number of carbonyl (C=O) groups excluding carboxylic acids is 3. The zero-order valence-corrected chi connectivity index (χ0v) is 14.8. The highest BCUT2D eigenvalue weighted by Gasteiger charge is 2.25. The molecule has 2 rings (SSSR count). The van der Waals surface area contributed by atoms with Crippen molar-refractivity contribution in [3.05, 3.63) is 34.9 Å². The van der Waals surface area contributed by atoms with Crippen molar-refractivity contribution in [3.8, 4) is 0 Å². The van der Waals surface area contributed by atoms with E-state index in [4.69, 9.17) is 16.3 Å². The highest BCUT2D eigenvalue weighted by molar-refractivity contribution is 7.99. The van der Waals surface area contributed by atoms with Gasteiger partial charge in [-0.15, -0.1) is 11.8 Å². The zero-order valence-electron chi connectivity index (χ0n) is 13.2. The Labute approximate surface area is 149 Å². The van der Waals surface area contributed by atoms with Crippen LogP contribution in [0.15, 0.2) is 24.3 Å². The van der Waals surface area contributed by atoms with Gasteiger partial charge in [-0.3, -0.25) is 14.9 Å². The molecule has 1 aromatic rings. The van der Waals surface area contributed by atoms with Crippen LogP contribution in [0.25, 0.3) is 0 Å². The lowest BCUT2D eigenvalue weighted by molar-refractivity contribution is -0.151. The topological polar surface area (TPSA) is 84.5 Å². The number of amides is 3. The van der Waals surface area contributed by atoms with Crippen LogP contribution in [0, 0.1) is 0 Å². The first-order valence-corrected chi connectivity index (χ1v) is 9.10. The van der Waals surface area contributed by atoms with E-state index in [-0.39, 0.29) is 11.8 Å². The average molecular weight is 371 g/mol. The molecular formula is C16H19ClN2O4S. The van der Waals surface area contributed by atoms with Gasteiger partial charge in [-0.2, -0.15) is 0 Å². The summed E-state index contributed by atoms with van der Waals surface area (Å²) in [6, 6.07) is 6.96. The van der Waals surface area contributed by atoms with Crippen LogP contribution < -0.4 is 10.6 Å². The molecule has 24 heavy (non-hydrogen) atoms. The van der Waals surface area contributed by atoms with Crippen molar-refractivity contribution in [2.45, 2.75) is 37.7 Å². The smallest absolute Gasteiger partial charge is 0.321 e. The molecule has 1 atom stereocenters. The van der Waals surface area contributed by atoms with E-state index in [1.54, 1.807) is 6.07 Å². The van der Waals surface area contributed by atoms with Gasteiger partial charge in [0.15, 0.2) is 6.10 Å². The molecular weight excluding hydrogens is 352 g/mol. The summed E-state index contributed by atoms with van der Waals surface area (Å²) >= 11 is 7.25. The summed E-state index contributed by atoms with van der Waals surface area (Å²) in [5, 5.41) is 5.42. The molecule has 0 spiro atoms. The Bertz CT molecular complexity index is 622. The minimum absolute atomic E-state index is 0.110. The van der Waals surface area contributed by atoms with E-state index in [0.717, 1.165) is 18.4 Å². The monoisotopic (exact) mass is 370 g/mol. The van der Waals surface area contributed by atoms with Crippen molar-refractivity contribution in [2.75, 3.05) is 5.75 Å². The third kappa shape index (κ3) is 6.80. The number of urea groups is 1. The van der Waals surface area contributed by atoms with E-state index in [9.17, 15) is 14.4 Å². The quantitative estimate of drug-likeness (QED) is 0.720. The summed E-state index contributed by atoms with van der Waals surface area (Å²) in [6.45, 7) is 1.43. The van der Waals surface area contributed by atoms with Crippen LogP contribution in [0.4, 0.5) is 4.79 Å². The summed E-state index contributed by atoms with van der Waals surface area (Å²) in [7, 11) is 0. The van der Waals surface area contributed by atoms with Crippen molar-refractivity contribution in [3.63, 3.8) is 0 Å². The van der Waals surface area contributed by atoms with Crippen LogP contribution in [0.5, 0.6) is 0 Å². The van der Waals surface area contributed by atoms with Crippen molar-refractivity contribution in [1.82, 2.24) is 10.6 Å². The van der Waals surface area contributed by atoms with Crippen LogP contribution in [-0.4, -0.2) is 35.8 Å². The molecule has 6 nitrogen and oxygen atoms in total. The number of hydrogen-bond donors (Lipinski definition) is 2. The van der Waals surface area contributed by atoms with Crippen LogP contribution in [0.3, 0.4) is 0 Å². The summed E-state index contributed by atoms with van der Waals surface area (Å²) in [6.07, 6.45) is 0.834. The summed E-state index contributed by atoms with van der Waals surface area (Å²) in [5.41, 5.74) is 1.00. The van der Waals surface area contributed by atoms with E-state index < -0.39 is 24.0 Å². The number of rotatable bonds is 7. The molecule has 0 aromatic heterocycles. The molecule has 0 unspecified atom stereocenters. The van der Waals surface area contributed by atoms with Crippen molar-refractivity contribution in [2.24, 2.45) is 0 Å². The summed E-state index contributed by atoms with van der Waals surface area (Å²) < 4.78 is 5.02. The highest BCUT2D eigenvalue weighted by Crippen LogP contribution is 2.18. The van der Waals surface area contributed by atoms with Gasteiger partial charge in [0.25, 0.3) is 5.91 Å². The van der Waals surface area contributed by atoms with Gasteiger partial charge >= 0.3 is 12.0 Å². The van der Waals surface area contributed by atoms with Crippen molar-refractivity contribution < 1.29 is 19.1 Å². The second-order valence-electron chi connectivity index (χ2n) is 5.49. The molecule has 0 bridgehead atoms. The molecule has 130 valence electrons. The highest BCUT2D eigenvalue weighted by atomic mass is 35.5. The third-order valence-corrected chi connectivity index (χ3v) is 4.42. The van der Waals surface area contributed by atoms with E-state index in [2.05, 4.69) is 10.6 Å². The average Bonchev–Trinajstić information content (AvgIpc) is 3.30. The molecule has 1 aromatic carbocycles. The Kier molecular flexibility index (Phi) is 6.93. The number of hydrogen-bond acceptors (Lipinski definition) is 5. The van der Waals surface area contributed by atoms with Gasteiger partial charge < -0.3 is 10.1 Å². The van der Waals surface area contributed by atoms with Gasteiger partial charge in [0, 0.05) is 16.8 Å². The molecule has 1 aliphatic rings. The van der Waals surface area contributed by atoms with Gasteiger partial charge in [0.2, 0.25) is 0 Å². The Morgan fingerprint density at radius 2 is 2.12 bits per heavy atom. The largest absolute Gasteiger partial charge is 0.452 e. The third-order valence-electron chi connectivity index (χ3n) is 3.20. The van der Waals surface area contributed by atoms with E-state index >= 15 is 0 Å². The lowest BCUT2D eigenvalue weighted by Gasteiger charge is -2.13. The predicted molar refractivity (Wildman–Crippen MR) is 92.9 cm³/mol. The molecule has 1 fully saturated rings. The Hall–Kier alpha value is -1.73. The van der Waals surface area contributed by atoms with E-state index in [0.29, 0.717) is 10.8 Å². The Balaban J connectivity index is 1.65. The standard InChI is InChI=1S/C16H19ClN2O4S/c1-10(15(21)19-16(22)18-13-5-6-13)23-14(20)9-24-8-11-3-2-4-12(17)7-11/h2-4,7,10,13H,5-6,8-9H2,1H3,(H2,18,19,21,22)/t10-/m1/s1. The SMILES string of the molecule is C[C@@H](OC(=O)CSCc1cccc(Cl)c1)C(=O)NC(=O)NC1CC1. The molecule has 2 N–H and O–H groups in total. The second-order valence-corrected chi connectivity index (χ2v) is 6.91. The zero-order chi connectivity index (χ0) is 17.5. The van der Waals surface area contributed by atoms with E-state index in [1.165, 1.54) is 18.7 Å². The molecule has 1 aliphatic carbocycles. The second kappa shape index (κ2) is 8.94. The molecule has 0 saturated heterocycles. The number of benzene rings is 1. The molecule has 8 heteroatoms. The fraction of sp³-hybridized carbons (Fsp3) is 0.438. The first-order valence-electron chi connectivity index (χ1n) is 7.57. The minimum Gasteiger partial charge on any atom is -0.452 e. The number of imide groups is 1. The lowest BCUT2D eigenvalue weighted by Crippen LogP contribution is -2.45. The number of nitrogens with one attached hydrogen (secondary N) is 2. The minimum atomic E-state index is -1.02. The fourth-order valence-corrected chi connectivity index (χ4v) is 2.79. The number of thioether (sulfide) groups is 1. The van der Waals surface area contributed by atoms with E-state index in [1.807, 2.05) is 18.2 Å². The van der Waals surface area contributed by atoms with Gasteiger partial charge in [-0.1, -0.05) is 23.7 Å². The molecule has 1 saturated carbocycles. The first-order chi connectivity index (χ1) is 11.4. The summed E-state index contributed by atoms with van der Waals surface area (Å²) in [4.78, 5) is 34.9. The van der Waals surface area contributed by atoms with Crippen molar-refractivity contribution in [1.29, 1.82) is 0 Å². The number of esters is 1. The van der Waals surface area contributed by atoms with Gasteiger partial charge in [0.1, 0.15) is 0 Å². The maximum Gasteiger partial charge on any atom is 0.321 e. The van der Waals surface area contributed by atoms with Crippen LogP contribution >= 0.6 is 23.4 Å². The van der Waals surface area contributed by atoms with Crippen LogP contribution in [0.2, 0.25) is 5.02 Å². The maximum absolute atomic E-state index is 11.8. The number of carbonyl (C=O) groups is 3. The van der Waals surface area contributed by atoms with Gasteiger partial charge in [-0.25, -0.2) is 4.79 Å². The Morgan fingerprint density at radius 3 is 2.79 bits per heavy atom. The lowest BCUT2D eigenvalue weighted by atomic mass is 10.2. The molecule has 3 amide bonds. The Morgan fingerprint density at radius 1 is 1.38 bits per heavy atom. The number of ether oxygens (including phenoxy) is 1. The van der Waals surface area contributed by atoms with Crippen LogP contribution in [0.1, 0.15) is 25.3 Å². The fourth-order valence-electron chi connectivity index (χ4n) is 1.83. The normalized spacial score (nSPS) is 14.6. The predicted octanol–water partition coefficient (Wildman–Crippen LogP) is 2.49. The van der Waals surface area contributed by atoms with Gasteiger partial charge in [0.05, 0.1) is 5.75 Å². The first kappa shape index (κ1) is 18.6. The maximum atomic E-state index is 11.8. The molecule has 0 heterocycles. The van der Waals surface area contributed by atoms with Crippen molar-refractivity contribution >= 4 is 41.3 Å². The summed E-state index contributed by atoms with van der Waals surface area (Å²) in [5.74, 6) is -0.424. The van der Waals surface area contributed by atoms with Crippen LogP contribution in [-0.2, 0) is 20.1 Å².